The van der Waals surface area contributed by atoms with Gasteiger partial charge in [-0.15, -0.1) is 0 Å². The van der Waals surface area contributed by atoms with Crippen LogP contribution in [0.2, 0.25) is 0 Å². The van der Waals surface area contributed by atoms with Gasteiger partial charge >= 0.3 is 11.9 Å². The zero-order chi connectivity index (χ0) is 21.7. The van der Waals surface area contributed by atoms with Crippen molar-refractivity contribution in [3.05, 3.63) is 41.1 Å². The van der Waals surface area contributed by atoms with E-state index in [1.807, 2.05) is 38.1 Å². The number of hydrogen-bond acceptors (Lipinski definition) is 6. The highest BCUT2D eigenvalue weighted by Crippen LogP contribution is 2.29. The number of ether oxygens (including phenoxy) is 2. The van der Waals surface area contributed by atoms with E-state index in [-0.39, 0.29) is 5.92 Å². The third kappa shape index (κ3) is 4.61. The minimum absolute atomic E-state index is 0.103. The van der Waals surface area contributed by atoms with E-state index in [1.54, 1.807) is 0 Å². The van der Waals surface area contributed by atoms with E-state index >= 15 is 0 Å². The number of pyridine rings is 1. The molecule has 0 unspecified atom stereocenters. The van der Waals surface area contributed by atoms with E-state index in [0.717, 1.165) is 47.8 Å². The number of carbonyl (C=O) groups is 3. The van der Waals surface area contributed by atoms with Crippen molar-refractivity contribution in [3.63, 3.8) is 0 Å². The summed E-state index contributed by atoms with van der Waals surface area (Å²) < 4.78 is 10.1. The molecule has 0 saturated heterocycles. The van der Waals surface area contributed by atoms with Crippen LogP contribution in [0.5, 0.6) is 0 Å². The molecule has 2 aromatic rings. The quantitative estimate of drug-likeness (QED) is 0.703. The minimum atomic E-state index is -0.777. The summed E-state index contributed by atoms with van der Waals surface area (Å²) in [5, 5.41) is 3.35. The first-order valence-corrected chi connectivity index (χ1v) is 10.4. The van der Waals surface area contributed by atoms with E-state index in [4.69, 9.17) is 14.5 Å². The van der Waals surface area contributed by atoms with Crippen molar-refractivity contribution in [1.82, 2.24) is 10.3 Å². The first-order chi connectivity index (χ1) is 14.5. The largest absolute Gasteiger partial charge is 0.467 e. The number of amides is 1. The summed E-state index contributed by atoms with van der Waals surface area (Å²) in [4.78, 5) is 42.0. The molecule has 0 bridgehead atoms. The fourth-order valence-corrected chi connectivity index (χ4v) is 3.82. The van der Waals surface area contributed by atoms with E-state index in [9.17, 15) is 14.4 Å². The number of carbonyl (C=O) groups excluding carboxylic acids is 3. The molecular formula is C23H28N2O5. The third-order valence-electron chi connectivity index (χ3n) is 5.69. The Morgan fingerprint density at radius 3 is 2.63 bits per heavy atom. The number of hydrogen-bond donors (Lipinski definition) is 1. The number of methoxy groups -OCH3 is 1. The van der Waals surface area contributed by atoms with Gasteiger partial charge in [-0.2, -0.15) is 0 Å². The highest BCUT2D eigenvalue weighted by molar-refractivity contribution is 6.05. The maximum Gasteiger partial charge on any atom is 0.339 e. The van der Waals surface area contributed by atoms with Gasteiger partial charge in [-0.05, 0) is 43.2 Å². The molecule has 0 radical (unpaired) electrons. The molecule has 1 aliphatic carbocycles. The Hall–Kier alpha value is -2.96. The van der Waals surface area contributed by atoms with Crippen LogP contribution in [0.4, 0.5) is 0 Å². The molecule has 7 heteroatoms. The van der Waals surface area contributed by atoms with Crippen molar-refractivity contribution in [3.8, 4) is 0 Å². The second-order valence-corrected chi connectivity index (χ2v) is 7.67. The highest BCUT2D eigenvalue weighted by Gasteiger charge is 2.28. The van der Waals surface area contributed by atoms with E-state index in [0.29, 0.717) is 12.0 Å². The second kappa shape index (κ2) is 9.69. The molecule has 1 amide bonds. The average molecular weight is 412 g/mol. The Labute approximate surface area is 176 Å². The number of esters is 2. The number of nitrogens with one attached hydrogen (secondary N) is 1. The normalized spacial score (nSPS) is 15.0. The lowest BCUT2D eigenvalue weighted by molar-refractivity contribution is -0.147. The van der Waals surface area contributed by atoms with Crippen molar-refractivity contribution in [1.29, 1.82) is 0 Å². The summed E-state index contributed by atoms with van der Waals surface area (Å²) in [6, 6.07) is 6.69. The molecule has 0 fully saturated rings. The molecule has 2 atom stereocenters. The average Bonchev–Trinajstić information content (AvgIpc) is 2.78. The summed E-state index contributed by atoms with van der Waals surface area (Å²) in [6.45, 7) is 3.31. The molecule has 0 saturated carbocycles. The topological polar surface area (TPSA) is 94.6 Å². The molecule has 1 aromatic heterocycles. The molecule has 160 valence electrons. The Morgan fingerprint density at radius 2 is 1.90 bits per heavy atom. The monoisotopic (exact) mass is 412 g/mol. The third-order valence-corrected chi connectivity index (χ3v) is 5.69. The van der Waals surface area contributed by atoms with Crippen LogP contribution in [0.15, 0.2) is 24.3 Å². The van der Waals surface area contributed by atoms with Crippen LogP contribution in [0.3, 0.4) is 0 Å². The van der Waals surface area contributed by atoms with Gasteiger partial charge in [0.2, 0.25) is 0 Å². The van der Waals surface area contributed by atoms with Crippen LogP contribution in [0.25, 0.3) is 10.9 Å². The molecule has 7 nitrogen and oxygen atoms in total. The van der Waals surface area contributed by atoms with Crippen molar-refractivity contribution < 1.29 is 23.9 Å². The lowest BCUT2D eigenvalue weighted by Crippen LogP contribution is -2.47. The number of aryl methyl sites for hydroxylation is 1. The van der Waals surface area contributed by atoms with E-state index in [1.165, 1.54) is 7.11 Å². The van der Waals surface area contributed by atoms with Crippen LogP contribution in [-0.4, -0.2) is 42.6 Å². The molecule has 3 rings (SSSR count). The van der Waals surface area contributed by atoms with Gasteiger partial charge in [0.25, 0.3) is 5.91 Å². The summed E-state index contributed by atoms with van der Waals surface area (Å²) in [6.07, 6.45) is 4.32. The first kappa shape index (κ1) is 21.7. The fraction of sp³-hybridized carbons (Fsp3) is 0.478. The molecule has 0 aliphatic heterocycles. The Balaban J connectivity index is 1.77. The van der Waals surface area contributed by atoms with Gasteiger partial charge in [0.1, 0.15) is 6.04 Å². The van der Waals surface area contributed by atoms with Gasteiger partial charge in [0.05, 0.1) is 18.2 Å². The van der Waals surface area contributed by atoms with Gasteiger partial charge in [-0.25, -0.2) is 9.59 Å². The minimum Gasteiger partial charge on any atom is -0.467 e. The number of fused-ring (bicyclic) bond motifs is 2. The van der Waals surface area contributed by atoms with E-state index < -0.39 is 30.5 Å². The summed E-state index contributed by atoms with van der Waals surface area (Å²) in [5.74, 6) is -1.70. The van der Waals surface area contributed by atoms with Crippen molar-refractivity contribution in [2.24, 2.45) is 5.92 Å². The van der Waals surface area contributed by atoms with Gasteiger partial charge in [-0.3, -0.25) is 9.78 Å². The highest BCUT2D eigenvalue weighted by atomic mass is 16.5. The second-order valence-electron chi connectivity index (χ2n) is 7.67. The lowest BCUT2D eigenvalue weighted by atomic mass is 9.90. The summed E-state index contributed by atoms with van der Waals surface area (Å²) in [7, 11) is 1.28. The molecule has 1 aromatic carbocycles. The molecule has 1 N–H and O–H groups in total. The fourth-order valence-electron chi connectivity index (χ4n) is 3.82. The first-order valence-electron chi connectivity index (χ1n) is 10.4. The lowest BCUT2D eigenvalue weighted by Gasteiger charge is -2.22. The zero-order valence-electron chi connectivity index (χ0n) is 17.7. The number of para-hydroxylation sites is 1. The molecule has 1 aliphatic rings. The van der Waals surface area contributed by atoms with Gasteiger partial charge in [0, 0.05) is 11.1 Å². The summed E-state index contributed by atoms with van der Waals surface area (Å²) in [5.41, 5.74) is 3.09. The molecule has 30 heavy (non-hydrogen) atoms. The maximum absolute atomic E-state index is 13.0. The SMILES string of the molecule is CC[C@H](C)[C@H](NC(=O)COC(=O)c1c2c(nc3ccccc13)CCCC2)C(=O)OC. The van der Waals surface area contributed by atoms with Crippen molar-refractivity contribution in [2.75, 3.05) is 13.7 Å². The van der Waals surface area contributed by atoms with Gasteiger partial charge < -0.3 is 14.8 Å². The van der Waals surface area contributed by atoms with Crippen LogP contribution < -0.4 is 5.32 Å². The number of aromatic nitrogens is 1. The Morgan fingerprint density at radius 1 is 1.17 bits per heavy atom. The predicted octanol–water partition coefficient (Wildman–Crippen LogP) is 2.97. The van der Waals surface area contributed by atoms with Crippen LogP contribution in [0, 0.1) is 5.92 Å². The van der Waals surface area contributed by atoms with Gasteiger partial charge in [0.15, 0.2) is 6.61 Å². The summed E-state index contributed by atoms with van der Waals surface area (Å²) >= 11 is 0. The van der Waals surface area contributed by atoms with Crippen LogP contribution in [0.1, 0.15) is 54.7 Å². The number of benzene rings is 1. The van der Waals surface area contributed by atoms with Crippen molar-refractivity contribution >= 4 is 28.7 Å². The predicted molar refractivity (Wildman–Crippen MR) is 112 cm³/mol. The maximum atomic E-state index is 13.0. The van der Waals surface area contributed by atoms with Gasteiger partial charge in [-0.1, -0.05) is 38.5 Å². The Bertz CT molecular complexity index is 956. The number of nitrogens with zero attached hydrogens (tertiary/aromatic N) is 1. The molecule has 1 heterocycles. The standard InChI is InChI=1S/C23H28N2O5/c1-4-14(2)21(23(28)29-3)25-19(26)13-30-22(27)20-15-9-5-7-11-17(15)24-18-12-8-6-10-16(18)20/h5,7,9,11,14,21H,4,6,8,10,12-13H2,1-3H3,(H,25,26)/t14-,21-/m0/s1. The van der Waals surface area contributed by atoms with Crippen LogP contribution in [-0.2, 0) is 31.9 Å². The van der Waals surface area contributed by atoms with Crippen molar-refractivity contribution in [2.45, 2.75) is 52.0 Å². The zero-order valence-corrected chi connectivity index (χ0v) is 17.7. The number of rotatable bonds is 7. The van der Waals surface area contributed by atoms with E-state index in [2.05, 4.69) is 5.32 Å². The smallest absolute Gasteiger partial charge is 0.339 e. The molecular weight excluding hydrogens is 384 g/mol. The Kier molecular flexibility index (Phi) is 7.03. The molecule has 0 spiro atoms. The van der Waals surface area contributed by atoms with Crippen LogP contribution >= 0.6 is 0 Å².